The van der Waals surface area contributed by atoms with Crippen molar-refractivity contribution in [3.63, 3.8) is 0 Å². The maximum Gasteiger partial charge on any atom is 0.253 e. The molecule has 4 nitrogen and oxygen atoms in total. The Morgan fingerprint density at radius 1 is 0.917 bits per heavy atom. The van der Waals surface area contributed by atoms with E-state index in [1.54, 1.807) is 7.11 Å². The van der Waals surface area contributed by atoms with Crippen molar-refractivity contribution >= 4 is 5.91 Å². The molecule has 0 unspecified atom stereocenters. The second-order valence-corrected chi connectivity index (χ2v) is 6.18. The van der Waals surface area contributed by atoms with Crippen LogP contribution in [0.5, 0.6) is 0 Å². The third kappa shape index (κ3) is 4.22. The van der Waals surface area contributed by atoms with Crippen molar-refractivity contribution in [1.82, 2.24) is 9.80 Å². The zero-order valence-electron chi connectivity index (χ0n) is 14.1. The highest BCUT2D eigenvalue weighted by molar-refractivity contribution is 5.94. The maximum atomic E-state index is 12.6. The number of amides is 1. The van der Waals surface area contributed by atoms with E-state index in [1.807, 2.05) is 35.2 Å². The standard InChI is InChI=1S/C20H24N2O2/c1-24-16-18-7-9-19(10-8-18)20(23)22-13-11-21(12-14-22)15-17-5-3-2-4-6-17/h2-10H,11-16H2,1H3. The van der Waals surface area contributed by atoms with Crippen molar-refractivity contribution in [2.24, 2.45) is 0 Å². The molecule has 0 N–H and O–H groups in total. The summed E-state index contributed by atoms with van der Waals surface area (Å²) in [6.07, 6.45) is 0. The van der Waals surface area contributed by atoms with Crippen molar-refractivity contribution in [2.75, 3.05) is 33.3 Å². The molecule has 1 fully saturated rings. The average molecular weight is 324 g/mol. The fraction of sp³-hybridized carbons (Fsp3) is 0.350. The van der Waals surface area contributed by atoms with Gasteiger partial charge in [-0.25, -0.2) is 0 Å². The number of rotatable bonds is 5. The normalized spacial score (nSPS) is 15.5. The summed E-state index contributed by atoms with van der Waals surface area (Å²) >= 11 is 0. The van der Waals surface area contributed by atoms with E-state index in [-0.39, 0.29) is 5.91 Å². The first-order chi connectivity index (χ1) is 11.8. The summed E-state index contributed by atoms with van der Waals surface area (Å²) in [7, 11) is 1.67. The highest BCUT2D eigenvalue weighted by atomic mass is 16.5. The monoisotopic (exact) mass is 324 g/mol. The number of hydrogen-bond donors (Lipinski definition) is 0. The summed E-state index contributed by atoms with van der Waals surface area (Å²) in [6.45, 7) is 4.93. The third-order valence-corrected chi connectivity index (χ3v) is 4.42. The minimum absolute atomic E-state index is 0.123. The molecule has 2 aromatic rings. The number of carbonyl (C=O) groups is 1. The highest BCUT2D eigenvalue weighted by Gasteiger charge is 2.22. The van der Waals surface area contributed by atoms with E-state index in [1.165, 1.54) is 5.56 Å². The Balaban J connectivity index is 1.53. The second kappa shape index (κ2) is 8.08. The molecule has 0 aromatic heterocycles. The van der Waals surface area contributed by atoms with Gasteiger partial charge >= 0.3 is 0 Å². The molecule has 1 aliphatic rings. The van der Waals surface area contributed by atoms with Crippen molar-refractivity contribution in [3.05, 3.63) is 71.3 Å². The van der Waals surface area contributed by atoms with E-state index in [9.17, 15) is 4.79 Å². The number of ether oxygens (including phenoxy) is 1. The first-order valence-corrected chi connectivity index (χ1v) is 8.39. The van der Waals surface area contributed by atoms with Crippen molar-refractivity contribution < 1.29 is 9.53 Å². The smallest absolute Gasteiger partial charge is 0.253 e. The molecule has 0 saturated carbocycles. The Hall–Kier alpha value is -2.17. The molecule has 126 valence electrons. The van der Waals surface area contributed by atoms with Crippen LogP contribution in [0.3, 0.4) is 0 Å². The van der Waals surface area contributed by atoms with Gasteiger partial charge in [0.2, 0.25) is 0 Å². The van der Waals surface area contributed by atoms with Gasteiger partial charge in [0.15, 0.2) is 0 Å². The number of hydrogen-bond acceptors (Lipinski definition) is 3. The second-order valence-electron chi connectivity index (χ2n) is 6.18. The molecular weight excluding hydrogens is 300 g/mol. The predicted octanol–water partition coefficient (Wildman–Crippen LogP) is 2.79. The van der Waals surface area contributed by atoms with Gasteiger partial charge in [0.1, 0.15) is 0 Å². The lowest BCUT2D eigenvalue weighted by Gasteiger charge is -2.34. The molecule has 1 aliphatic heterocycles. The zero-order valence-corrected chi connectivity index (χ0v) is 14.1. The molecule has 0 atom stereocenters. The zero-order chi connectivity index (χ0) is 16.8. The Kier molecular flexibility index (Phi) is 5.62. The van der Waals surface area contributed by atoms with E-state index >= 15 is 0 Å². The molecule has 1 heterocycles. The van der Waals surface area contributed by atoms with Gasteiger partial charge in [-0.05, 0) is 23.3 Å². The molecule has 4 heteroatoms. The Labute approximate surface area is 143 Å². The lowest BCUT2D eigenvalue weighted by atomic mass is 10.1. The van der Waals surface area contributed by atoms with Gasteiger partial charge in [0.25, 0.3) is 5.91 Å². The quantitative estimate of drug-likeness (QED) is 0.848. The summed E-state index contributed by atoms with van der Waals surface area (Å²) < 4.78 is 5.10. The van der Waals surface area contributed by atoms with Crippen LogP contribution in [-0.2, 0) is 17.9 Å². The molecule has 3 rings (SSSR count). The molecule has 0 bridgehead atoms. The van der Waals surface area contributed by atoms with Crippen molar-refractivity contribution in [3.8, 4) is 0 Å². The van der Waals surface area contributed by atoms with Crippen LogP contribution >= 0.6 is 0 Å². The van der Waals surface area contributed by atoms with Gasteiger partial charge in [-0.3, -0.25) is 9.69 Å². The van der Waals surface area contributed by atoms with Crippen molar-refractivity contribution in [2.45, 2.75) is 13.2 Å². The number of piperazine rings is 1. The van der Waals surface area contributed by atoms with Crippen LogP contribution in [0.15, 0.2) is 54.6 Å². The fourth-order valence-electron chi connectivity index (χ4n) is 3.04. The molecule has 0 aliphatic carbocycles. The summed E-state index contributed by atoms with van der Waals surface area (Å²) in [4.78, 5) is 17.0. The summed E-state index contributed by atoms with van der Waals surface area (Å²) in [5.74, 6) is 0.123. The number of carbonyl (C=O) groups excluding carboxylic acids is 1. The van der Waals surface area contributed by atoms with Crippen LogP contribution < -0.4 is 0 Å². The first-order valence-electron chi connectivity index (χ1n) is 8.39. The van der Waals surface area contributed by atoms with Crippen molar-refractivity contribution in [1.29, 1.82) is 0 Å². The highest BCUT2D eigenvalue weighted by Crippen LogP contribution is 2.13. The lowest BCUT2D eigenvalue weighted by molar-refractivity contribution is 0.0628. The summed E-state index contributed by atoms with van der Waals surface area (Å²) in [5, 5.41) is 0. The predicted molar refractivity (Wildman–Crippen MR) is 94.8 cm³/mol. The van der Waals surface area contributed by atoms with Crippen LogP contribution in [0.4, 0.5) is 0 Å². The van der Waals surface area contributed by atoms with E-state index < -0.39 is 0 Å². The number of methoxy groups -OCH3 is 1. The van der Waals surface area contributed by atoms with Crippen LogP contribution in [0, 0.1) is 0 Å². The van der Waals surface area contributed by atoms with Gasteiger partial charge in [-0.1, -0.05) is 42.5 Å². The van der Waals surface area contributed by atoms with Gasteiger partial charge in [0.05, 0.1) is 6.61 Å². The Morgan fingerprint density at radius 3 is 2.21 bits per heavy atom. The third-order valence-electron chi connectivity index (χ3n) is 4.42. The molecule has 1 amide bonds. The van der Waals surface area contributed by atoms with Crippen LogP contribution in [0.1, 0.15) is 21.5 Å². The Bertz CT molecular complexity index is 647. The largest absolute Gasteiger partial charge is 0.380 e. The van der Waals surface area contributed by atoms with E-state index in [0.717, 1.165) is 43.9 Å². The van der Waals surface area contributed by atoms with Crippen LogP contribution in [0.2, 0.25) is 0 Å². The molecule has 2 aromatic carbocycles. The fourth-order valence-corrected chi connectivity index (χ4v) is 3.04. The van der Waals surface area contributed by atoms with E-state index in [0.29, 0.717) is 6.61 Å². The number of benzene rings is 2. The molecule has 0 spiro atoms. The topological polar surface area (TPSA) is 32.8 Å². The SMILES string of the molecule is COCc1ccc(C(=O)N2CCN(Cc3ccccc3)CC2)cc1. The van der Waals surface area contributed by atoms with Gasteiger partial charge in [0, 0.05) is 45.4 Å². The minimum Gasteiger partial charge on any atom is -0.380 e. The summed E-state index contributed by atoms with van der Waals surface area (Å²) in [5.41, 5.74) is 3.17. The molecular formula is C20H24N2O2. The van der Waals surface area contributed by atoms with Gasteiger partial charge in [-0.15, -0.1) is 0 Å². The minimum atomic E-state index is 0.123. The number of nitrogens with zero attached hydrogens (tertiary/aromatic N) is 2. The van der Waals surface area contributed by atoms with Crippen LogP contribution in [0.25, 0.3) is 0 Å². The average Bonchev–Trinajstić information content (AvgIpc) is 2.64. The molecule has 1 saturated heterocycles. The Morgan fingerprint density at radius 2 is 1.58 bits per heavy atom. The molecule has 0 radical (unpaired) electrons. The van der Waals surface area contributed by atoms with Gasteiger partial charge in [-0.2, -0.15) is 0 Å². The summed E-state index contributed by atoms with van der Waals surface area (Å²) in [6, 6.07) is 18.2. The van der Waals surface area contributed by atoms with E-state index in [2.05, 4.69) is 29.2 Å². The first kappa shape index (κ1) is 16.7. The van der Waals surface area contributed by atoms with Gasteiger partial charge < -0.3 is 9.64 Å². The lowest BCUT2D eigenvalue weighted by Crippen LogP contribution is -2.48. The maximum absolute atomic E-state index is 12.6. The molecule has 24 heavy (non-hydrogen) atoms. The van der Waals surface area contributed by atoms with E-state index in [4.69, 9.17) is 4.74 Å². The van der Waals surface area contributed by atoms with Crippen LogP contribution in [-0.4, -0.2) is 49.0 Å².